The average Bonchev–Trinajstić information content (AvgIpc) is 2.29. The Morgan fingerprint density at radius 2 is 2.29 bits per heavy atom. The van der Waals surface area contributed by atoms with Gasteiger partial charge in [-0.05, 0) is 32.4 Å². The van der Waals surface area contributed by atoms with E-state index >= 15 is 0 Å². The van der Waals surface area contributed by atoms with Crippen LogP contribution in [0.4, 0.5) is 5.69 Å². The number of aromatic nitrogens is 1. The van der Waals surface area contributed by atoms with Gasteiger partial charge in [0.1, 0.15) is 11.5 Å². The largest absolute Gasteiger partial charge is 0.396 e. The van der Waals surface area contributed by atoms with Crippen molar-refractivity contribution in [2.45, 2.75) is 26.3 Å². The maximum absolute atomic E-state index is 8.89. The SMILES string of the molecule is CC(C)N(CCCO)c1ccnc(C(=N)N)c1. The molecule has 5 nitrogen and oxygen atoms in total. The number of rotatable bonds is 6. The van der Waals surface area contributed by atoms with Crippen LogP contribution < -0.4 is 10.6 Å². The predicted octanol–water partition coefficient (Wildman–Crippen LogP) is 0.963. The van der Waals surface area contributed by atoms with E-state index < -0.39 is 0 Å². The Morgan fingerprint density at radius 1 is 1.59 bits per heavy atom. The van der Waals surface area contributed by atoms with Gasteiger partial charge in [-0.25, -0.2) is 0 Å². The Hall–Kier alpha value is -1.62. The number of pyridine rings is 1. The molecule has 0 aliphatic carbocycles. The van der Waals surface area contributed by atoms with E-state index in [1.54, 1.807) is 12.3 Å². The van der Waals surface area contributed by atoms with E-state index in [-0.39, 0.29) is 12.4 Å². The van der Waals surface area contributed by atoms with Crippen molar-refractivity contribution in [3.05, 3.63) is 24.0 Å². The fourth-order valence-corrected chi connectivity index (χ4v) is 1.67. The van der Waals surface area contributed by atoms with Gasteiger partial charge in [-0.3, -0.25) is 10.4 Å². The first-order valence-corrected chi connectivity index (χ1v) is 5.74. The van der Waals surface area contributed by atoms with Crippen LogP contribution in [0.5, 0.6) is 0 Å². The quantitative estimate of drug-likeness (QED) is 0.507. The smallest absolute Gasteiger partial charge is 0.141 e. The van der Waals surface area contributed by atoms with E-state index in [1.165, 1.54) is 0 Å². The molecule has 1 heterocycles. The summed E-state index contributed by atoms with van der Waals surface area (Å²) in [4.78, 5) is 6.19. The van der Waals surface area contributed by atoms with Crippen molar-refractivity contribution in [1.29, 1.82) is 5.41 Å². The van der Waals surface area contributed by atoms with Crippen LogP contribution in [0.1, 0.15) is 26.0 Å². The summed E-state index contributed by atoms with van der Waals surface area (Å²) in [5, 5.41) is 16.3. The van der Waals surface area contributed by atoms with Crippen molar-refractivity contribution in [2.24, 2.45) is 5.73 Å². The van der Waals surface area contributed by atoms with Gasteiger partial charge in [0.15, 0.2) is 0 Å². The number of hydrogen-bond acceptors (Lipinski definition) is 4. The Balaban J connectivity index is 2.93. The van der Waals surface area contributed by atoms with Crippen molar-refractivity contribution < 1.29 is 5.11 Å². The molecule has 0 aromatic carbocycles. The third kappa shape index (κ3) is 3.71. The molecule has 1 aromatic rings. The number of aliphatic hydroxyl groups is 1. The van der Waals surface area contributed by atoms with E-state index in [4.69, 9.17) is 16.2 Å². The second-order valence-corrected chi connectivity index (χ2v) is 4.18. The van der Waals surface area contributed by atoms with E-state index in [0.717, 1.165) is 18.7 Å². The van der Waals surface area contributed by atoms with Gasteiger partial charge in [-0.2, -0.15) is 0 Å². The van der Waals surface area contributed by atoms with E-state index in [9.17, 15) is 0 Å². The van der Waals surface area contributed by atoms with Crippen molar-refractivity contribution >= 4 is 11.5 Å². The lowest BCUT2D eigenvalue weighted by molar-refractivity contribution is 0.288. The van der Waals surface area contributed by atoms with Gasteiger partial charge in [-0.1, -0.05) is 0 Å². The Labute approximate surface area is 102 Å². The first-order chi connectivity index (χ1) is 8.06. The molecule has 1 rings (SSSR count). The second-order valence-electron chi connectivity index (χ2n) is 4.18. The zero-order valence-electron chi connectivity index (χ0n) is 10.3. The molecule has 0 saturated heterocycles. The summed E-state index contributed by atoms with van der Waals surface area (Å²) in [7, 11) is 0. The lowest BCUT2D eigenvalue weighted by Gasteiger charge is -2.29. The minimum absolute atomic E-state index is 0.0299. The number of aliphatic hydroxyl groups excluding tert-OH is 1. The zero-order chi connectivity index (χ0) is 12.8. The van der Waals surface area contributed by atoms with Crippen LogP contribution in [0, 0.1) is 5.41 Å². The van der Waals surface area contributed by atoms with E-state index in [1.807, 2.05) is 6.07 Å². The fourth-order valence-electron chi connectivity index (χ4n) is 1.67. The summed E-state index contributed by atoms with van der Waals surface area (Å²) >= 11 is 0. The maximum Gasteiger partial charge on any atom is 0.141 e. The molecule has 94 valence electrons. The fraction of sp³-hybridized carbons (Fsp3) is 0.500. The molecule has 0 atom stereocenters. The Kier molecular flexibility index (Phi) is 4.90. The first kappa shape index (κ1) is 13.4. The van der Waals surface area contributed by atoms with Gasteiger partial charge in [0, 0.05) is 31.1 Å². The minimum atomic E-state index is -0.0299. The molecule has 5 heteroatoms. The highest BCUT2D eigenvalue weighted by atomic mass is 16.3. The average molecular weight is 236 g/mol. The molecular weight excluding hydrogens is 216 g/mol. The van der Waals surface area contributed by atoms with Crippen LogP contribution >= 0.6 is 0 Å². The molecule has 0 saturated carbocycles. The third-order valence-electron chi connectivity index (χ3n) is 2.53. The van der Waals surface area contributed by atoms with Gasteiger partial charge in [0.05, 0.1) is 0 Å². The number of nitrogens with zero attached hydrogens (tertiary/aromatic N) is 2. The summed E-state index contributed by atoms with van der Waals surface area (Å²) in [6, 6.07) is 4.02. The van der Waals surface area contributed by atoms with Crippen LogP contribution in [0.25, 0.3) is 0 Å². The topological polar surface area (TPSA) is 86.2 Å². The summed E-state index contributed by atoms with van der Waals surface area (Å²) < 4.78 is 0. The maximum atomic E-state index is 8.89. The molecule has 0 aliphatic heterocycles. The van der Waals surface area contributed by atoms with Gasteiger partial charge in [0.2, 0.25) is 0 Å². The molecule has 17 heavy (non-hydrogen) atoms. The van der Waals surface area contributed by atoms with E-state index in [0.29, 0.717) is 11.7 Å². The van der Waals surface area contributed by atoms with Crippen LogP contribution in [-0.4, -0.2) is 35.1 Å². The lowest BCUT2D eigenvalue weighted by atomic mass is 10.2. The standard InChI is InChI=1S/C12H20N4O/c1-9(2)16(6-3-7-17)10-4-5-15-11(8-10)12(13)14/h4-5,8-9,17H,3,6-7H2,1-2H3,(H3,13,14). The molecule has 0 aliphatic rings. The highest BCUT2D eigenvalue weighted by molar-refractivity contribution is 5.93. The van der Waals surface area contributed by atoms with Gasteiger partial charge >= 0.3 is 0 Å². The van der Waals surface area contributed by atoms with Crippen LogP contribution in [0.15, 0.2) is 18.3 Å². The van der Waals surface area contributed by atoms with Crippen LogP contribution in [-0.2, 0) is 0 Å². The van der Waals surface area contributed by atoms with E-state index in [2.05, 4.69) is 23.7 Å². The number of anilines is 1. The summed E-state index contributed by atoms with van der Waals surface area (Å²) in [5.41, 5.74) is 6.88. The minimum Gasteiger partial charge on any atom is -0.396 e. The first-order valence-electron chi connectivity index (χ1n) is 5.74. The van der Waals surface area contributed by atoms with Gasteiger partial charge in [-0.15, -0.1) is 0 Å². The monoisotopic (exact) mass is 236 g/mol. The lowest BCUT2D eigenvalue weighted by Crippen LogP contribution is -2.32. The molecule has 0 radical (unpaired) electrons. The molecule has 4 N–H and O–H groups in total. The molecule has 1 aromatic heterocycles. The number of nitrogens with one attached hydrogen (secondary N) is 1. The number of hydrogen-bond donors (Lipinski definition) is 3. The molecular formula is C12H20N4O. The van der Waals surface area contributed by atoms with Crippen LogP contribution in [0.3, 0.4) is 0 Å². The van der Waals surface area contributed by atoms with Crippen LogP contribution in [0.2, 0.25) is 0 Å². The van der Waals surface area contributed by atoms with Crippen molar-refractivity contribution in [2.75, 3.05) is 18.1 Å². The Bertz CT molecular complexity index is 379. The van der Waals surface area contributed by atoms with Gasteiger partial charge < -0.3 is 15.7 Å². The zero-order valence-corrected chi connectivity index (χ0v) is 10.3. The molecule has 0 spiro atoms. The highest BCUT2D eigenvalue weighted by Crippen LogP contribution is 2.17. The Morgan fingerprint density at radius 3 is 2.82 bits per heavy atom. The summed E-state index contributed by atoms with van der Waals surface area (Å²) in [6.07, 6.45) is 2.37. The number of nitrogens with two attached hydrogens (primary N) is 1. The van der Waals surface area contributed by atoms with Crippen molar-refractivity contribution in [1.82, 2.24) is 4.98 Å². The molecule has 0 bridgehead atoms. The summed E-state index contributed by atoms with van der Waals surface area (Å²) in [5.74, 6) is -0.0299. The van der Waals surface area contributed by atoms with Crippen molar-refractivity contribution in [3.63, 3.8) is 0 Å². The second kappa shape index (κ2) is 6.20. The number of amidine groups is 1. The molecule has 0 fully saturated rings. The van der Waals surface area contributed by atoms with Gasteiger partial charge in [0.25, 0.3) is 0 Å². The molecule has 0 amide bonds. The summed E-state index contributed by atoms with van der Waals surface area (Å²) in [6.45, 7) is 5.12. The number of nitrogen functional groups attached to an aromatic ring is 1. The van der Waals surface area contributed by atoms with Crippen molar-refractivity contribution in [3.8, 4) is 0 Å². The normalized spacial score (nSPS) is 10.6. The highest BCUT2D eigenvalue weighted by Gasteiger charge is 2.11. The third-order valence-corrected chi connectivity index (χ3v) is 2.53. The molecule has 0 unspecified atom stereocenters. The predicted molar refractivity (Wildman–Crippen MR) is 69.4 cm³/mol.